The average Bonchev–Trinajstić information content (AvgIpc) is 2.49. The van der Waals surface area contributed by atoms with Crippen molar-refractivity contribution in [3.05, 3.63) is 29.8 Å². The van der Waals surface area contributed by atoms with Crippen LogP contribution in [0, 0.1) is 22.7 Å². The van der Waals surface area contributed by atoms with E-state index in [0.29, 0.717) is 12.5 Å². The van der Waals surface area contributed by atoms with Gasteiger partial charge in [0.1, 0.15) is 5.75 Å². The van der Waals surface area contributed by atoms with Crippen molar-refractivity contribution in [1.82, 2.24) is 0 Å². The maximum Gasteiger partial charge on any atom is 0.119 e. The van der Waals surface area contributed by atoms with Gasteiger partial charge < -0.3 is 9.84 Å². The molecule has 1 fully saturated rings. The van der Waals surface area contributed by atoms with E-state index in [-0.39, 0.29) is 0 Å². The number of hydrogen-bond donors (Lipinski definition) is 1. The molecule has 0 amide bonds. The predicted octanol–water partition coefficient (Wildman–Crippen LogP) is 3.84. The number of ether oxygens (including phenoxy) is 1. The van der Waals surface area contributed by atoms with Crippen LogP contribution in [-0.2, 0) is 0 Å². The van der Waals surface area contributed by atoms with Gasteiger partial charge in [-0.15, -0.1) is 0 Å². The second-order valence-electron chi connectivity index (χ2n) is 5.86. The molecule has 20 heavy (non-hydrogen) atoms. The molecule has 1 unspecified atom stereocenters. The monoisotopic (exact) mass is 273 g/mol. The minimum atomic E-state index is -0.712. The summed E-state index contributed by atoms with van der Waals surface area (Å²) >= 11 is 0. The fourth-order valence-corrected chi connectivity index (χ4v) is 2.96. The van der Waals surface area contributed by atoms with Crippen molar-refractivity contribution in [2.24, 2.45) is 11.3 Å². The van der Waals surface area contributed by atoms with Crippen molar-refractivity contribution in [3.8, 4) is 11.8 Å². The molecule has 2 rings (SSSR count). The summed E-state index contributed by atoms with van der Waals surface area (Å²) in [7, 11) is 0. The Bertz CT molecular complexity index is 467. The van der Waals surface area contributed by atoms with Crippen LogP contribution in [0.3, 0.4) is 0 Å². The topological polar surface area (TPSA) is 53.2 Å². The molecule has 1 aliphatic carbocycles. The van der Waals surface area contributed by atoms with Crippen molar-refractivity contribution in [2.45, 2.75) is 45.6 Å². The van der Waals surface area contributed by atoms with E-state index in [4.69, 9.17) is 4.74 Å². The number of benzene rings is 1. The van der Waals surface area contributed by atoms with E-state index in [2.05, 4.69) is 13.0 Å². The molecule has 1 atom stereocenters. The molecule has 108 valence electrons. The third kappa shape index (κ3) is 2.96. The molecule has 0 aliphatic heterocycles. The van der Waals surface area contributed by atoms with Gasteiger partial charge in [0.2, 0.25) is 0 Å². The molecule has 0 aromatic heterocycles. The zero-order valence-corrected chi connectivity index (χ0v) is 12.3. The summed E-state index contributed by atoms with van der Waals surface area (Å²) < 4.78 is 5.40. The molecule has 0 heterocycles. The highest BCUT2D eigenvalue weighted by Crippen LogP contribution is 2.47. The molecule has 1 N–H and O–H groups in total. The summed E-state index contributed by atoms with van der Waals surface area (Å²) in [5.41, 5.74) is 0.184. The van der Waals surface area contributed by atoms with Gasteiger partial charge in [0, 0.05) is 0 Å². The van der Waals surface area contributed by atoms with Gasteiger partial charge in [-0.3, -0.25) is 0 Å². The molecular formula is C17H23NO2. The van der Waals surface area contributed by atoms with Gasteiger partial charge in [0.15, 0.2) is 0 Å². The second kappa shape index (κ2) is 6.28. The van der Waals surface area contributed by atoms with E-state index in [9.17, 15) is 10.4 Å². The number of aliphatic hydroxyl groups is 1. The highest BCUT2D eigenvalue weighted by atomic mass is 16.5. The number of aliphatic hydroxyl groups excluding tert-OH is 1. The Balaban J connectivity index is 2.16. The molecule has 1 saturated carbocycles. The van der Waals surface area contributed by atoms with Crippen LogP contribution in [0.15, 0.2) is 24.3 Å². The standard InChI is InChI=1S/C17H23NO2/c1-3-20-15-6-4-14(5-7-15)16(19)17(12-18)10-8-13(2)9-11-17/h4-7,13,16,19H,3,8-11H2,1-2H3. The van der Waals surface area contributed by atoms with E-state index in [1.807, 2.05) is 31.2 Å². The van der Waals surface area contributed by atoms with E-state index in [0.717, 1.165) is 37.0 Å². The van der Waals surface area contributed by atoms with Crippen LogP contribution in [0.1, 0.15) is 51.2 Å². The van der Waals surface area contributed by atoms with Crippen molar-refractivity contribution in [2.75, 3.05) is 6.61 Å². The Hall–Kier alpha value is -1.53. The fraction of sp³-hybridized carbons (Fsp3) is 0.588. The fourth-order valence-electron chi connectivity index (χ4n) is 2.96. The Morgan fingerprint density at radius 2 is 1.95 bits per heavy atom. The first-order chi connectivity index (χ1) is 9.61. The SMILES string of the molecule is CCOc1ccc(C(O)C2(C#N)CCC(C)CC2)cc1. The first-order valence-corrected chi connectivity index (χ1v) is 7.43. The van der Waals surface area contributed by atoms with Gasteiger partial charge in [0.25, 0.3) is 0 Å². The van der Waals surface area contributed by atoms with E-state index in [1.165, 1.54) is 0 Å². The summed E-state index contributed by atoms with van der Waals surface area (Å²) in [5.74, 6) is 1.45. The van der Waals surface area contributed by atoms with Gasteiger partial charge in [-0.1, -0.05) is 19.1 Å². The Morgan fingerprint density at radius 3 is 2.45 bits per heavy atom. The zero-order valence-electron chi connectivity index (χ0n) is 12.3. The number of nitriles is 1. The molecule has 1 aliphatic rings. The molecule has 3 heteroatoms. The predicted molar refractivity (Wildman–Crippen MR) is 78.2 cm³/mol. The molecule has 1 aromatic carbocycles. The molecular weight excluding hydrogens is 250 g/mol. The number of hydrogen-bond acceptors (Lipinski definition) is 3. The van der Waals surface area contributed by atoms with Gasteiger partial charge in [-0.25, -0.2) is 0 Å². The van der Waals surface area contributed by atoms with E-state index in [1.54, 1.807) is 0 Å². The molecule has 0 saturated heterocycles. The van der Waals surface area contributed by atoms with E-state index < -0.39 is 11.5 Å². The first-order valence-electron chi connectivity index (χ1n) is 7.43. The Kier molecular flexibility index (Phi) is 4.67. The normalized spacial score (nSPS) is 27.6. The summed E-state index contributed by atoms with van der Waals surface area (Å²) in [6, 6.07) is 9.85. The van der Waals surface area contributed by atoms with Crippen LogP contribution in [0.2, 0.25) is 0 Å². The lowest BCUT2D eigenvalue weighted by atomic mass is 9.67. The molecule has 0 radical (unpaired) electrons. The summed E-state index contributed by atoms with van der Waals surface area (Å²) in [4.78, 5) is 0. The zero-order chi connectivity index (χ0) is 14.6. The van der Waals surface area contributed by atoms with Gasteiger partial charge in [-0.2, -0.15) is 5.26 Å². The molecule has 1 aromatic rings. The maximum absolute atomic E-state index is 10.6. The van der Waals surface area contributed by atoms with Crippen LogP contribution < -0.4 is 4.74 Å². The quantitative estimate of drug-likeness (QED) is 0.906. The summed E-state index contributed by atoms with van der Waals surface area (Å²) in [6.45, 7) is 4.78. The van der Waals surface area contributed by atoms with Crippen molar-refractivity contribution >= 4 is 0 Å². The molecule has 3 nitrogen and oxygen atoms in total. The number of nitrogens with zero attached hydrogens (tertiary/aromatic N) is 1. The maximum atomic E-state index is 10.6. The van der Waals surface area contributed by atoms with Crippen molar-refractivity contribution in [1.29, 1.82) is 5.26 Å². The average molecular weight is 273 g/mol. The highest BCUT2D eigenvalue weighted by Gasteiger charge is 2.41. The summed E-state index contributed by atoms with van der Waals surface area (Å²) in [5, 5.41) is 20.2. The van der Waals surface area contributed by atoms with Gasteiger partial charge in [-0.05, 0) is 56.2 Å². The largest absolute Gasteiger partial charge is 0.494 e. The second-order valence-corrected chi connectivity index (χ2v) is 5.86. The third-order valence-electron chi connectivity index (χ3n) is 4.42. The van der Waals surface area contributed by atoms with Crippen LogP contribution >= 0.6 is 0 Å². The van der Waals surface area contributed by atoms with Gasteiger partial charge >= 0.3 is 0 Å². The van der Waals surface area contributed by atoms with Crippen LogP contribution in [-0.4, -0.2) is 11.7 Å². The van der Waals surface area contributed by atoms with Crippen molar-refractivity contribution < 1.29 is 9.84 Å². The van der Waals surface area contributed by atoms with Crippen LogP contribution in [0.5, 0.6) is 5.75 Å². The lowest BCUT2D eigenvalue weighted by Crippen LogP contribution is -2.32. The lowest BCUT2D eigenvalue weighted by molar-refractivity contribution is 0.0266. The van der Waals surface area contributed by atoms with Crippen LogP contribution in [0.4, 0.5) is 0 Å². The minimum Gasteiger partial charge on any atom is -0.494 e. The Morgan fingerprint density at radius 1 is 1.35 bits per heavy atom. The molecule has 0 spiro atoms. The lowest BCUT2D eigenvalue weighted by Gasteiger charge is -2.37. The first kappa shape index (κ1) is 14.9. The highest BCUT2D eigenvalue weighted by molar-refractivity contribution is 5.30. The smallest absolute Gasteiger partial charge is 0.119 e. The molecule has 0 bridgehead atoms. The Labute approximate surface area is 121 Å². The number of rotatable bonds is 4. The van der Waals surface area contributed by atoms with Gasteiger partial charge in [0.05, 0.1) is 24.2 Å². The third-order valence-corrected chi connectivity index (χ3v) is 4.42. The van der Waals surface area contributed by atoms with Crippen LogP contribution in [0.25, 0.3) is 0 Å². The van der Waals surface area contributed by atoms with E-state index >= 15 is 0 Å². The minimum absolute atomic E-state index is 0.625. The summed E-state index contributed by atoms with van der Waals surface area (Å²) in [6.07, 6.45) is 2.87. The van der Waals surface area contributed by atoms with Crippen molar-refractivity contribution in [3.63, 3.8) is 0 Å².